The molecule has 2 atom stereocenters. The number of hydrogen-bond acceptors (Lipinski definition) is 5. The van der Waals surface area contributed by atoms with Crippen LogP contribution < -0.4 is 5.73 Å². The third-order valence-electron chi connectivity index (χ3n) is 5.12. The van der Waals surface area contributed by atoms with Crippen LogP contribution in [-0.4, -0.2) is 41.8 Å². The van der Waals surface area contributed by atoms with Crippen LogP contribution in [-0.2, 0) is 16.0 Å². The molecule has 0 aromatic heterocycles. The maximum atomic E-state index is 13.9. The second-order valence-corrected chi connectivity index (χ2v) is 8.94. The van der Waals surface area contributed by atoms with Crippen molar-refractivity contribution in [1.29, 1.82) is 0 Å². The third kappa shape index (κ3) is 7.10. The number of nitrogens with two attached hydrogens (primary N) is 1. The van der Waals surface area contributed by atoms with Crippen molar-refractivity contribution in [3.63, 3.8) is 0 Å². The number of carbonyl (C=O) groups is 1. The van der Waals surface area contributed by atoms with Gasteiger partial charge in [0.05, 0.1) is 0 Å². The number of ether oxygens (including phenoxy) is 1. The van der Waals surface area contributed by atoms with E-state index in [2.05, 4.69) is 23.4 Å². The molecule has 0 aliphatic carbocycles. The molecule has 0 spiro atoms. The molecule has 1 saturated heterocycles. The molecular formula is C24H34FN3O2. The first kappa shape index (κ1) is 23.8. The molecule has 1 aromatic carbocycles. The van der Waals surface area contributed by atoms with Crippen LogP contribution in [0.2, 0.25) is 0 Å². The Morgan fingerprint density at radius 1 is 1.40 bits per heavy atom. The first-order valence-electron chi connectivity index (χ1n) is 10.4. The van der Waals surface area contributed by atoms with Gasteiger partial charge in [0.15, 0.2) is 0 Å². The molecule has 2 N–H and O–H groups in total. The van der Waals surface area contributed by atoms with Crippen molar-refractivity contribution in [3.05, 3.63) is 60.2 Å². The van der Waals surface area contributed by atoms with Crippen LogP contribution in [0.15, 0.2) is 53.8 Å². The quantitative estimate of drug-likeness (QED) is 0.538. The van der Waals surface area contributed by atoms with E-state index in [4.69, 9.17) is 10.5 Å². The molecule has 30 heavy (non-hydrogen) atoms. The molecule has 0 radical (unpaired) electrons. The first-order valence-corrected chi connectivity index (χ1v) is 10.4. The minimum Gasteiger partial charge on any atom is -0.472 e. The minimum absolute atomic E-state index is 0.0618. The summed E-state index contributed by atoms with van der Waals surface area (Å²) in [5.74, 6) is 0.378. The summed E-state index contributed by atoms with van der Waals surface area (Å²) in [7, 11) is 0. The summed E-state index contributed by atoms with van der Waals surface area (Å²) in [6.45, 7) is 14.2. The first-order chi connectivity index (χ1) is 14.1. The fourth-order valence-corrected chi connectivity index (χ4v) is 3.74. The van der Waals surface area contributed by atoms with Crippen LogP contribution in [0.5, 0.6) is 0 Å². The Morgan fingerprint density at radius 3 is 2.70 bits per heavy atom. The fraction of sp³-hybridized carbons (Fsp3) is 0.500. The lowest BCUT2D eigenvalue weighted by Crippen LogP contribution is -2.44. The average Bonchev–Trinajstić information content (AvgIpc) is 2.66. The highest BCUT2D eigenvalue weighted by Gasteiger charge is 2.32. The van der Waals surface area contributed by atoms with Crippen molar-refractivity contribution < 1.29 is 13.9 Å². The number of nitrogens with zero attached hydrogens (tertiary/aromatic N) is 2. The van der Waals surface area contributed by atoms with Gasteiger partial charge in [0.1, 0.15) is 17.2 Å². The molecule has 1 aliphatic rings. The summed E-state index contributed by atoms with van der Waals surface area (Å²) < 4.78 is 19.8. The molecule has 0 amide bonds. The Kier molecular flexibility index (Phi) is 8.35. The summed E-state index contributed by atoms with van der Waals surface area (Å²) in [4.78, 5) is 19.3. The van der Waals surface area contributed by atoms with E-state index < -0.39 is 5.60 Å². The number of benzene rings is 1. The van der Waals surface area contributed by atoms with E-state index in [0.717, 1.165) is 25.1 Å². The van der Waals surface area contributed by atoms with E-state index in [-0.39, 0.29) is 29.9 Å². The van der Waals surface area contributed by atoms with Gasteiger partial charge in [-0.25, -0.2) is 9.38 Å². The molecular weight excluding hydrogens is 381 g/mol. The molecule has 0 saturated carbocycles. The molecule has 1 aromatic rings. The van der Waals surface area contributed by atoms with Crippen molar-refractivity contribution in [2.75, 3.05) is 19.6 Å². The summed E-state index contributed by atoms with van der Waals surface area (Å²) in [6.07, 6.45) is 3.74. The van der Waals surface area contributed by atoms with Gasteiger partial charge in [-0.15, -0.1) is 0 Å². The van der Waals surface area contributed by atoms with Crippen LogP contribution in [0, 0.1) is 17.7 Å². The molecule has 0 bridgehead atoms. The maximum Gasteiger partial charge on any atom is 0.217 e. The van der Waals surface area contributed by atoms with Crippen molar-refractivity contribution in [2.24, 2.45) is 22.6 Å². The number of rotatable bonds is 7. The lowest BCUT2D eigenvalue weighted by atomic mass is 9.81. The molecule has 1 aliphatic heterocycles. The zero-order valence-electron chi connectivity index (χ0n) is 18.5. The van der Waals surface area contributed by atoms with E-state index in [1.54, 1.807) is 18.2 Å². The molecule has 5 nitrogen and oxygen atoms in total. The molecule has 1 heterocycles. The van der Waals surface area contributed by atoms with Gasteiger partial charge in [-0.2, -0.15) is 0 Å². The fourth-order valence-electron chi connectivity index (χ4n) is 3.74. The van der Waals surface area contributed by atoms with Crippen LogP contribution >= 0.6 is 0 Å². The number of hydrogen-bond donors (Lipinski definition) is 1. The van der Waals surface area contributed by atoms with Gasteiger partial charge in [0.2, 0.25) is 5.90 Å². The maximum absolute atomic E-state index is 13.9. The Labute approximate surface area is 179 Å². The minimum atomic E-state index is -0.399. The highest BCUT2D eigenvalue weighted by molar-refractivity contribution is 5.94. The van der Waals surface area contributed by atoms with Crippen molar-refractivity contribution in [2.45, 2.75) is 46.1 Å². The van der Waals surface area contributed by atoms with Gasteiger partial charge >= 0.3 is 0 Å². The highest BCUT2D eigenvalue weighted by Crippen LogP contribution is 2.26. The van der Waals surface area contributed by atoms with Crippen LogP contribution in [0.1, 0.15) is 39.7 Å². The van der Waals surface area contributed by atoms with E-state index in [0.29, 0.717) is 18.0 Å². The third-order valence-corrected chi connectivity index (χ3v) is 5.12. The highest BCUT2D eigenvalue weighted by atomic mass is 19.1. The molecule has 2 rings (SSSR count). The molecule has 0 unspecified atom stereocenters. The molecule has 164 valence electrons. The summed E-state index contributed by atoms with van der Waals surface area (Å²) in [5, 5.41) is 0. The number of aliphatic imine (C=N–C) groups is 1. The van der Waals surface area contributed by atoms with Crippen LogP contribution in [0.3, 0.4) is 0 Å². The van der Waals surface area contributed by atoms with Crippen molar-refractivity contribution in [3.8, 4) is 0 Å². The van der Waals surface area contributed by atoms with Gasteiger partial charge in [-0.3, -0.25) is 9.69 Å². The number of Topliss-reactive ketones (excluding diaryl/α,β-unsaturated/α-hetero) is 1. The van der Waals surface area contributed by atoms with Crippen molar-refractivity contribution in [1.82, 2.24) is 4.90 Å². The van der Waals surface area contributed by atoms with E-state index in [1.807, 2.05) is 20.8 Å². The number of halogens is 1. The Balaban J connectivity index is 1.96. The van der Waals surface area contributed by atoms with E-state index in [9.17, 15) is 9.18 Å². The smallest absolute Gasteiger partial charge is 0.217 e. The predicted octanol–water partition coefficient (Wildman–Crippen LogP) is 4.10. The van der Waals surface area contributed by atoms with Gasteiger partial charge in [-0.05, 0) is 51.3 Å². The zero-order chi connectivity index (χ0) is 22.3. The topological polar surface area (TPSA) is 67.9 Å². The lowest BCUT2D eigenvalue weighted by molar-refractivity contribution is -0.125. The Hall–Kier alpha value is -2.47. The zero-order valence-corrected chi connectivity index (χ0v) is 18.5. The normalized spacial score (nSPS) is 21.0. The van der Waals surface area contributed by atoms with Gasteiger partial charge in [-0.1, -0.05) is 31.7 Å². The SMILES string of the molecule is C=C(CN1CC[C@@H](C(=O)Cc2ccccc2F)[C@H](C)C1)C(=N/C=C\N)OC(C)(C)C. The monoisotopic (exact) mass is 415 g/mol. The lowest BCUT2D eigenvalue weighted by Gasteiger charge is -2.37. The number of carbonyl (C=O) groups excluding carboxylic acids is 1. The van der Waals surface area contributed by atoms with Gasteiger partial charge < -0.3 is 10.5 Å². The predicted molar refractivity (Wildman–Crippen MR) is 120 cm³/mol. The number of piperidine rings is 1. The summed E-state index contributed by atoms with van der Waals surface area (Å²) >= 11 is 0. The second kappa shape index (κ2) is 10.5. The van der Waals surface area contributed by atoms with Crippen LogP contribution in [0.25, 0.3) is 0 Å². The molecule has 1 fully saturated rings. The van der Waals surface area contributed by atoms with Gasteiger partial charge in [0, 0.05) is 43.4 Å². The summed E-state index contributed by atoms with van der Waals surface area (Å²) in [6, 6.07) is 6.49. The van der Waals surface area contributed by atoms with Crippen LogP contribution in [0.4, 0.5) is 4.39 Å². The summed E-state index contributed by atoms with van der Waals surface area (Å²) in [5.41, 5.74) is 6.25. The second-order valence-electron chi connectivity index (χ2n) is 8.94. The number of ketones is 1. The largest absolute Gasteiger partial charge is 0.472 e. The van der Waals surface area contributed by atoms with E-state index >= 15 is 0 Å². The Bertz CT molecular complexity index is 811. The van der Waals surface area contributed by atoms with Crippen molar-refractivity contribution >= 4 is 11.7 Å². The molecule has 6 heteroatoms. The average molecular weight is 416 g/mol. The van der Waals surface area contributed by atoms with E-state index in [1.165, 1.54) is 18.5 Å². The van der Waals surface area contributed by atoms with Gasteiger partial charge in [0.25, 0.3) is 0 Å². The Morgan fingerprint density at radius 2 is 2.10 bits per heavy atom. The standard InChI is InChI=1S/C24H34FN3O2/c1-17-15-28(16-18(2)23(27-12-11-26)30-24(3,4)5)13-10-20(17)22(29)14-19-8-6-7-9-21(19)25/h6-9,11-12,17,20H,2,10,13-16,26H2,1,3-5H3/b12-11-,27-23?/t17-,20-/m1/s1. The number of likely N-dealkylation sites (tertiary alicyclic amines) is 1.